The molecular weight excluding hydrogens is 318 g/mol. The van der Waals surface area contributed by atoms with Gasteiger partial charge in [0.2, 0.25) is 11.8 Å². The number of nitrogens with one attached hydrogen (secondary N) is 1. The van der Waals surface area contributed by atoms with Gasteiger partial charge in [0, 0.05) is 11.8 Å². The molecule has 1 aliphatic rings. The zero-order valence-electron chi connectivity index (χ0n) is 13.3. The third kappa shape index (κ3) is 3.94. The van der Waals surface area contributed by atoms with Gasteiger partial charge in [0.1, 0.15) is 11.6 Å². The van der Waals surface area contributed by atoms with Gasteiger partial charge in [0.25, 0.3) is 0 Å². The van der Waals surface area contributed by atoms with Crippen LogP contribution in [-0.4, -0.2) is 33.5 Å². The molecule has 1 N–H and O–H groups in total. The molecule has 0 spiro atoms. The predicted molar refractivity (Wildman–Crippen MR) is 82.1 cm³/mol. The maximum Gasteiger partial charge on any atom is 0.241 e. The lowest BCUT2D eigenvalue weighted by molar-refractivity contribution is -0.122. The molecule has 1 amide bonds. The first-order chi connectivity index (χ1) is 11.5. The third-order valence-corrected chi connectivity index (χ3v) is 3.95. The molecule has 3 rings (SSSR count). The van der Waals surface area contributed by atoms with Crippen LogP contribution in [0.1, 0.15) is 31.0 Å². The summed E-state index contributed by atoms with van der Waals surface area (Å²) in [5, 5.41) is 6.33. The Morgan fingerprint density at radius 1 is 1.33 bits per heavy atom. The Hall–Kier alpha value is -2.35. The highest BCUT2D eigenvalue weighted by atomic mass is 19.1. The minimum Gasteiger partial charge on any atom is -0.338 e. The first-order valence-electron chi connectivity index (χ1n) is 7.81. The van der Waals surface area contributed by atoms with Crippen molar-refractivity contribution in [3.05, 3.63) is 41.5 Å². The quantitative estimate of drug-likeness (QED) is 0.929. The molecule has 1 fully saturated rings. The number of nitrogens with zero attached hydrogens (tertiary/aromatic N) is 3. The van der Waals surface area contributed by atoms with Crippen LogP contribution in [-0.2, 0) is 11.3 Å². The minimum atomic E-state index is -0.730. The summed E-state index contributed by atoms with van der Waals surface area (Å²) in [4.78, 5) is 18.6. The number of aryl methyl sites for hydroxylation is 1. The molecule has 2 aromatic rings. The van der Waals surface area contributed by atoms with Crippen molar-refractivity contribution in [1.82, 2.24) is 15.0 Å². The average Bonchev–Trinajstić information content (AvgIpc) is 2.92. The van der Waals surface area contributed by atoms with E-state index in [0.717, 1.165) is 37.6 Å². The van der Waals surface area contributed by atoms with Gasteiger partial charge in [0.15, 0.2) is 5.82 Å². The summed E-state index contributed by atoms with van der Waals surface area (Å²) >= 11 is 0. The second-order valence-electron chi connectivity index (χ2n) is 5.86. The van der Waals surface area contributed by atoms with Crippen molar-refractivity contribution in [2.24, 2.45) is 0 Å². The molecule has 1 saturated heterocycles. The predicted octanol–water partition coefficient (Wildman–Crippen LogP) is 2.65. The Labute approximate surface area is 137 Å². The highest BCUT2D eigenvalue weighted by molar-refractivity contribution is 5.94. The Kier molecular flexibility index (Phi) is 4.84. The molecule has 128 valence electrons. The Bertz CT molecular complexity index is 714. The normalized spacial score (nSPS) is 18.5. The van der Waals surface area contributed by atoms with E-state index in [4.69, 9.17) is 4.52 Å². The zero-order valence-corrected chi connectivity index (χ0v) is 13.3. The Morgan fingerprint density at radius 2 is 2.08 bits per heavy atom. The van der Waals surface area contributed by atoms with Crippen LogP contribution < -0.4 is 5.32 Å². The summed E-state index contributed by atoms with van der Waals surface area (Å²) in [6, 6.07) is 2.54. The fraction of sp³-hybridized carbons (Fsp3) is 0.438. The van der Waals surface area contributed by atoms with Gasteiger partial charge in [-0.25, -0.2) is 8.78 Å². The number of likely N-dealkylation sites (tertiary alicyclic amines) is 1. The smallest absolute Gasteiger partial charge is 0.241 e. The largest absolute Gasteiger partial charge is 0.338 e. The van der Waals surface area contributed by atoms with Crippen molar-refractivity contribution in [2.75, 3.05) is 11.9 Å². The fourth-order valence-corrected chi connectivity index (χ4v) is 2.91. The van der Waals surface area contributed by atoms with Crippen molar-refractivity contribution >= 4 is 11.6 Å². The van der Waals surface area contributed by atoms with E-state index in [2.05, 4.69) is 15.5 Å². The van der Waals surface area contributed by atoms with E-state index in [9.17, 15) is 13.6 Å². The number of carbonyl (C=O) groups is 1. The lowest BCUT2D eigenvalue weighted by Crippen LogP contribution is -2.46. The van der Waals surface area contributed by atoms with E-state index in [1.165, 1.54) is 0 Å². The van der Waals surface area contributed by atoms with Crippen molar-refractivity contribution in [3.8, 4) is 0 Å². The molecule has 0 saturated carbocycles. The minimum absolute atomic E-state index is 0.108. The maximum atomic E-state index is 13.3. The number of benzene rings is 1. The number of anilines is 1. The third-order valence-electron chi connectivity index (χ3n) is 3.95. The molecule has 1 aromatic carbocycles. The van der Waals surface area contributed by atoms with Gasteiger partial charge in [-0.15, -0.1) is 0 Å². The van der Waals surface area contributed by atoms with Crippen molar-refractivity contribution < 1.29 is 18.1 Å². The number of halogens is 2. The molecule has 0 aliphatic carbocycles. The molecule has 1 aromatic heterocycles. The summed E-state index contributed by atoms with van der Waals surface area (Å²) in [6.07, 6.45) is 2.54. The molecule has 1 atom stereocenters. The van der Waals surface area contributed by atoms with Gasteiger partial charge in [0.05, 0.1) is 12.6 Å². The van der Waals surface area contributed by atoms with E-state index >= 15 is 0 Å². The van der Waals surface area contributed by atoms with E-state index < -0.39 is 17.7 Å². The highest BCUT2D eigenvalue weighted by Crippen LogP contribution is 2.21. The summed E-state index contributed by atoms with van der Waals surface area (Å²) in [5.41, 5.74) is 0.108. The van der Waals surface area contributed by atoms with Crippen LogP contribution in [0.15, 0.2) is 22.7 Å². The molecule has 1 unspecified atom stereocenters. The van der Waals surface area contributed by atoms with Crippen LogP contribution in [0.4, 0.5) is 14.5 Å². The van der Waals surface area contributed by atoms with E-state index in [-0.39, 0.29) is 11.6 Å². The molecule has 0 bridgehead atoms. The summed E-state index contributed by atoms with van der Waals surface area (Å²) < 4.78 is 31.6. The molecule has 8 heteroatoms. The van der Waals surface area contributed by atoms with E-state index in [1.54, 1.807) is 6.92 Å². The number of hydrogen-bond donors (Lipinski definition) is 1. The van der Waals surface area contributed by atoms with Gasteiger partial charge in [-0.3, -0.25) is 9.69 Å². The topological polar surface area (TPSA) is 71.3 Å². The van der Waals surface area contributed by atoms with E-state index in [0.29, 0.717) is 24.7 Å². The van der Waals surface area contributed by atoms with Gasteiger partial charge >= 0.3 is 0 Å². The molecule has 0 radical (unpaired) electrons. The number of aromatic nitrogens is 2. The van der Waals surface area contributed by atoms with Crippen molar-refractivity contribution in [1.29, 1.82) is 0 Å². The van der Waals surface area contributed by atoms with Gasteiger partial charge in [-0.2, -0.15) is 4.98 Å². The summed E-state index contributed by atoms with van der Waals surface area (Å²) in [5.74, 6) is -0.766. The van der Waals surface area contributed by atoms with Gasteiger partial charge in [-0.1, -0.05) is 11.6 Å². The number of carbonyl (C=O) groups excluding carboxylic acids is 1. The molecule has 6 nitrogen and oxygen atoms in total. The first kappa shape index (κ1) is 16.5. The van der Waals surface area contributed by atoms with Crippen LogP contribution >= 0.6 is 0 Å². The molecule has 2 heterocycles. The molecule has 24 heavy (non-hydrogen) atoms. The molecular formula is C16H18F2N4O2. The highest BCUT2D eigenvalue weighted by Gasteiger charge is 2.30. The maximum absolute atomic E-state index is 13.3. The van der Waals surface area contributed by atoms with Crippen LogP contribution in [0.3, 0.4) is 0 Å². The first-order valence-corrected chi connectivity index (χ1v) is 7.81. The van der Waals surface area contributed by atoms with Gasteiger partial charge in [-0.05, 0) is 38.4 Å². The fourth-order valence-electron chi connectivity index (χ4n) is 2.91. The number of hydrogen-bond acceptors (Lipinski definition) is 5. The standard InChI is InChI=1S/C16H18F2N4O2/c1-10-19-15(24-21-10)9-22-5-3-2-4-14(22)16(23)20-13-7-11(17)6-12(18)8-13/h6-8,14H,2-5,9H2,1H3,(H,20,23). The van der Waals surface area contributed by atoms with Crippen LogP contribution in [0.25, 0.3) is 0 Å². The van der Waals surface area contributed by atoms with Crippen LogP contribution in [0.2, 0.25) is 0 Å². The lowest BCUT2D eigenvalue weighted by atomic mass is 10.0. The number of rotatable bonds is 4. The summed E-state index contributed by atoms with van der Waals surface area (Å²) in [6.45, 7) is 2.82. The van der Waals surface area contributed by atoms with Crippen molar-refractivity contribution in [3.63, 3.8) is 0 Å². The second-order valence-corrected chi connectivity index (χ2v) is 5.86. The summed E-state index contributed by atoms with van der Waals surface area (Å²) in [7, 11) is 0. The SMILES string of the molecule is Cc1noc(CN2CCCCC2C(=O)Nc2cc(F)cc(F)c2)n1. The van der Waals surface area contributed by atoms with Crippen LogP contribution in [0, 0.1) is 18.6 Å². The van der Waals surface area contributed by atoms with Crippen LogP contribution in [0.5, 0.6) is 0 Å². The van der Waals surface area contributed by atoms with Gasteiger partial charge < -0.3 is 9.84 Å². The Balaban J connectivity index is 1.70. The Morgan fingerprint density at radius 3 is 2.75 bits per heavy atom. The lowest BCUT2D eigenvalue weighted by Gasteiger charge is -2.33. The number of amides is 1. The second kappa shape index (κ2) is 7.04. The zero-order chi connectivity index (χ0) is 17.1. The number of piperidine rings is 1. The molecule has 1 aliphatic heterocycles. The average molecular weight is 336 g/mol. The van der Waals surface area contributed by atoms with Crippen molar-refractivity contribution in [2.45, 2.75) is 38.8 Å². The monoisotopic (exact) mass is 336 g/mol. The van der Waals surface area contributed by atoms with E-state index in [1.807, 2.05) is 4.90 Å².